The maximum atomic E-state index is 13.4. The van der Waals surface area contributed by atoms with E-state index in [1.165, 1.54) is 30.3 Å². The maximum Gasteiger partial charge on any atom is 0.586 e. The molecule has 0 bridgehead atoms. The molecular weight excluding hydrogens is 468 g/mol. The Balaban J connectivity index is 1.43. The molecule has 1 aliphatic carbocycles. The lowest BCUT2D eigenvalue weighted by Crippen LogP contribution is -2.28. The van der Waals surface area contributed by atoms with Gasteiger partial charge in [-0.3, -0.25) is 4.79 Å². The number of carboxylic acid groups (broad SMARTS) is 1. The second-order valence-electron chi connectivity index (χ2n) is 8.39. The van der Waals surface area contributed by atoms with Crippen LogP contribution in [0.5, 0.6) is 11.5 Å². The highest BCUT2D eigenvalue weighted by Crippen LogP contribution is 2.52. The molecule has 0 aromatic heterocycles. The molecule has 2 aliphatic rings. The van der Waals surface area contributed by atoms with Crippen molar-refractivity contribution in [3.05, 3.63) is 76.3 Å². The predicted octanol–water partition coefficient (Wildman–Crippen LogP) is 6.01. The van der Waals surface area contributed by atoms with Crippen LogP contribution < -0.4 is 14.8 Å². The van der Waals surface area contributed by atoms with Crippen LogP contribution in [0, 0.1) is 6.92 Å². The van der Waals surface area contributed by atoms with E-state index in [1.807, 2.05) is 6.92 Å². The number of carbonyl (C=O) groups excluding carboxylic acids is 1. The molecule has 0 saturated heterocycles. The van der Waals surface area contributed by atoms with Crippen LogP contribution in [0.2, 0.25) is 5.02 Å². The number of rotatable bonds is 5. The third-order valence-corrected chi connectivity index (χ3v) is 6.47. The number of alkyl halides is 2. The molecule has 1 heterocycles. The van der Waals surface area contributed by atoms with Crippen molar-refractivity contribution in [1.29, 1.82) is 0 Å². The highest BCUT2D eigenvalue weighted by molar-refractivity contribution is 6.33. The average molecular weight is 486 g/mol. The number of aromatic carboxylic acids is 1. The average Bonchev–Trinajstić information content (AvgIpc) is 3.52. The van der Waals surface area contributed by atoms with Crippen LogP contribution in [0.25, 0.3) is 11.1 Å². The zero-order valence-corrected chi connectivity index (χ0v) is 18.6. The fourth-order valence-electron chi connectivity index (χ4n) is 4.12. The van der Waals surface area contributed by atoms with E-state index in [4.69, 9.17) is 11.6 Å². The third kappa shape index (κ3) is 3.84. The van der Waals surface area contributed by atoms with Crippen LogP contribution in [0.3, 0.4) is 0 Å². The third-order valence-electron chi connectivity index (χ3n) is 6.14. The summed E-state index contributed by atoms with van der Waals surface area (Å²) in [7, 11) is 0. The smallest absolute Gasteiger partial charge is 0.478 e. The van der Waals surface area contributed by atoms with Crippen molar-refractivity contribution < 1.29 is 33.0 Å². The van der Waals surface area contributed by atoms with Gasteiger partial charge in [0.1, 0.15) is 0 Å². The molecule has 0 radical (unpaired) electrons. The number of anilines is 1. The van der Waals surface area contributed by atoms with Crippen LogP contribution in [0.15, 0.2) is 54.6 Å². The number of amides is 1. The monoisotopic (exact) mass is 485 g/mol. The van der Waals surface area contributed by atoms with E-state index in [9.17, 15) is 23.5 Å². The number of ether oxygens (including phenoxy) is 2. The molecule has 3 aromatic rings. The lowest BCUT2D eigenvalue weighted by atomic mass is 9.94. The van der Waals surface area contributed by atoms with E-state index in [1.54, 1.807) is 24.3 Å². The van der Waals surface area contributed by atoms with Gasteiger partial charge in [0, 0.05) is 16.3 Å². The summed E-state index contributed by atoms with van der Waals surface area (Å²) in [6.07, 6.45) is -2.61. The van der Waals surface area contributed by atoms with E-state index < -0.39 is 17.7 Å². The fourth-order valence-corrected chi connectivity index (χ4v) is 4.34. The highest BCUT2D eigenvalue weighted by Gasteiger charge is 2.52. The molecular formula is C25H18ClF2NO5. The molecule has 34 heavy (non-hydrogen) atoms. The predicted molar refractivity (Wildman–Crippen MR) is 121 cm³/mol. The number of nitrogens with one attached hydrogen (secondary N) is 1. The minimum atomic E-state index is -3.72. The lowest BCUT2D eigenvalue weighted by Gasteiger charge is -2.17. The number of hydrogen-bond donors (Lipinski definition) is 2. The maximum absolute atomic E-state index is 13.4. The second kappa shape index (κ2) is 7.70. The van der Waals surface area contributed by atoms with E-state index in [-0.39, 0.29) is 23.0 Å². The van der Waals surface area contributed by atoms with E-state index in [0.29, 0.717) is 40.2 Å². The van der Waals surface area contributed by atoms with E-state index in [2.05, 4.69) is 14.8 Å². The van der Waals surface area contributed by atoms with Gasteiger partial charge in [0.05, 0.1) is 11.0 Å². The van der Waals surface area contributed by atoms with Crippen molar-refractivity contribution in [2.75, 3.05) is 5.32 Å². The van der Waals surface area contributed by atoms with Gasteiger partial charge in [-0.15, -0.1) is 8.78 Å². The summed E-state index contributed by atoms with van der Waals surface area (Å²) >= 11 is 6.34. The largest absolute Gasteiger partial charge is 0.586 e. The molecule has 0 unspecified atom stereocenters. The Bertz CT molecular complexity index is 1350. The molecule has 174 valence electrons. The Hall–Kier alpha value is -3.65. The topological polar surface area (TPSA) is 84.9 Å². The summed E-state index contributed by atoms with van der Waals surface area (Å²) < 4.78 is 35.7. The zero-order chi connectivity index (χ0) is 24.3. The van der Waals surface area contributed by atoms with Gasteiger partial charge in [-0.25, -0.2) is 4.79 Å². The molecule has 1 aliphatic heterocycles. The van der Waals surface area contributed by atoms with Crippen molar-refractivity contribution in [3.8, 4) is 22.6 Å². The van der Waals surface area contributed by atoms with Gasteiger partial charge in [0.2, 0.25) is 5.91 Å². The Kier molecular flexibility index (Phi) is 5.02. The molecule has 0 atom stereocenters. The Labute approximate surface area is 198 Å². The van der Waals surface area contributed by atoms with Gasteiger partial charge in [-0.2, -0.15) is 0 Å². The SMILES string of the molecule is Cc1ccc(NC(=O)C2(c3ccc4c(c3)OC(F)(F)O4)CC2)cc1-c1cc(C(=O)O)ccc1Cl. The quantitative estimate of drug-likeness (QED) is 0.462. The summed E-state index contributed by atoms with van der Waals surface area (Å²) in [5.41, 5.74) is 2.37. The summed E-state index contributed by atoms with van der Waals surface area (Å²) in [5, 5.41) is 12.6. The first-order valence-corrected chi connectivity index (χ1v) is 10.8. The standard InChI is InChI=1S/C25H18ClF2NO5/c1-13-2-5-16(12-17(13)18-10-14(22(30)31)3-6-19(18)26)29-23(32)24(8-9-24)15-4-7-20-21(11-15)34-25(27,28)33-20/h2-7,10-12H,8-9H2,1H3,(H,29,32)(H,30,31). The Morgan fingerprint density at radius 2 is 1.71 bits per heavy atom. The summed E-state index contributed by atoms with van der Waals surface area (Å²) in [4.78, 5) is 24.6. The summed E-state index contributed by atoms with van der Waals surface area (Å²) in [5.74, 6) is -1.53. The molecule has 3 aromatic carbocycles. The molecule has 2 N–H and O–H groups in total. The number of carboxylic acids is 1. The number of hydrogen-bond acceptors (Lipinski definition) is 4. The fraction of sp³-hybridized carbons (Fsp3) is 0.200. The van der Waals surface area contributed by atoms with Crippen LogP contribution in [-0.4, -0.2) is 23.3 Å². The minimum absolute atomic E-state index is 0.0754. The molecule has 6 nitrogen and oxygen atoms in total. The van der Waals surface area contributed by atoms with Crippen molar-refractivity contribution in [1.82, 2.24) is 0 Å². The van der Waals surface area contributed by atoms with Gasteiger partial charge in [0.25, 0.3) is 0 Å². The van der Waals surface area contributed by atoms with Crippen LogP contribution in [-0.2, 0) is 10.2 Å². The number of fused-ring (bicyclic) bond motifs is 1. The van der Waals surface area contributed by atoms with Crippen LogP contribution >= 0.6 is 11.6 Å². The Morgan fingerprint density at radius 1 is 0.971 bits per heavy atom. The van der Waals surface area contributed by atoms with Crippen molar-refractivity contribution >= 4 is 29.2 Å². The molecule has 1 saturated carbocycles. The second-order valence-corrected chi connectivity index (χ2v) is 8.80. The first-order chi connectivity index (χ1) is 16.1. The van der Waals surface area contributed by atoms with Crippen molar-refractivity contribution in [2.24, 2.45) is 0 Å². The van der Waals surface area contributed by atoms with Gasteiger partial charge in [0.15, 0.2) is 11.5 Å². The van der Waals surface area contributed by atoms with Crippen LogP contribution in [0.4, 0.5) is 14.5 Å². The molecule has 1 fully saturated rings. The molecule has 9 heteroatoms. The van der Waals surface area contributed by atoms with E-state index in [0.717, 1.165) is 5.56 Å². The van der Waals surface area contributed by atoms with Gasteiger partial charge < -0.3 is 19.9 Å². The van der Waals surface area contributed by atoms with Crippen molar-refractivity contribution in [3.63, 3.8) is 0 Å². The molecule has 5 rings (SSSR count). The lowest BCUT2D eigenvalue weighted by molar-refractivity contribution is -0.286. The first kappa shape index (κ1) is 22.2. The van der Waals surface area contributed by atoms with Gasteiger partial charge >= 0.3 is 12.3 Å². The zero-order valence-electron chi connectivity index (χ0n) is 17.8. The number of aryl methyl sites for hydroxylation is 1. The van der Waals surface area contributed by atoms with E-state index >= 15 is 0 Å². The molecule has 1 amide bonds. The van der Waals surface area contributed by atoms with Crippen molar-refractivity contribution in [2.45, 2.75) is 31.5 Å². The number of halogens is 3. The van der Waals surface area contributed by atoms with Gasteiger partial charge in [-0.05, 0) is 78.9 Å². The summed E-state index contributed by atoms with van der Waals surface area (Å²) in [6, 6.07) is 14.1. The normalized spacial score (nSPS) is 16.7. The molecule has 0 spiro atoms. The van der Waals surface area contributed by atoms with Crippen LogP contribution in [0.1, 0.15) is 34.3 Å². The Morgan fingerprint density at radius 3 is 2.41 bits per heavy atom. The highest BCUT2D eigenvalue weighted by atomic mass is 35.5. The number of benzene rings is 3. The summed E-state index contributed by atoms with van der Waals surface area (Å²) in [6.45, 7) is 1.86. The van der Waals surface area contributed by atoms with Gasteiger partial charge in [-0.1, -0.05) is 23.7 Å². The number of carbonyl (C=O) groups is 2. The minimum Gasteiger partial charge on any atom is -0.478 e. The first-order valence-electron chi connectivity index (χ1n) is 10.4.